The van der Waals surface area contributed by atoms with Crippen molar-refractivity contribution < 1.29 is 14.3 Å². The van der Waals surface area contributed by atoms with Crippen LogP contribution in [0.4, 0.5) is 5.69 Å². The van der Waals surface area contributed by atoms with Gasteiger partial charge in [0, 0.05) is 36.6 Å². The highest BCUT2D eigenvalue weighted by Gasteiger charge is 2.25. The summed E-state index contributed by atoms with van der Waals surface area (Å²) in [6, 6.07) is 5.37. The summed E-state index contributed by atoms with van der Waals surface area (Å²) in [5.41, 5.74) is 4.16. The first kappa shape index (κ1) is 18.0. The van der Waals surface area contributed by atoms with Crippen LogP contribution in [0.2, 0.25) is 0 Å². The zero-order chi connectivity index (χ0) is 20.7. The van der Waals surface area contributed by atoms with Crippen molar-refractivity contribution in [1.82, 2.24) is 25.3 Å². The summed E-state index contributed by atoms with van der Waals surface area (Å²) >= 11 is 0. The molecule has 30 heavy (non-hydrogen) atoms. The van der Waals surface area contributed by atoms with Crippen molar-refractivity contribution in [3.8, 4) is 28.7 Å². The quantitative estimate of drug-likeness (QED) is 0.645. The molecule has 0 saturated heterocycles. The Bertz CT molecular complexity index is 1190. The second kappa shape index (κ2) is 7.11. The van der Waals surface area contributed by atoms with Crippen LogP contribution in [0.3, 0.4) is 0 Å². The van der Waals surface area contributed by atoms with E-state index in [0.717, 1.165) is 17.8 Å². The van der Waals surface area contributed by atoms with E-state index in [1.54, 1.807) is 35.5 Å². The average Bonchev–Trinajstić information content (AvgIpc) is 3.24. The van der Waals surface area contributed by atoms with E-state index in [4.69, 9.17) is 4.74 Å². The van der Waals surface area contributed by atoms with Gasteiger partial charge in [0.05, 0.1) is 23.5 Å². The van der Waals surface area contributed by atoms with E-state index < -0.39 is 0 Å². The third kappa shape index (κ3) is 3.00. The second-order valence-electron chi connectivity index (χ2n) is 6.94. The maximum absolute atomic E-state index is 12.2. The van der Waals surface area contributed by atoms with E-state index in [0.29, 0.717) is 53.9 Å². The zero-order valence-electron chi connectivity index (χ0n) is 16.0. The number of ether oxygens (including phenoxy) is 1. The molecular formula is C21H18N6O3. The van der Waals surface area contributed by atoms with Crippen molar-refractivity contribution >= 4 is 17.5 Å². The van der Waals surface area contributed by atoms with Crippen LogP contribution in [-0.2, 0) is 11.2 Å². The van der Waals surface area contributed by atoms with Crippen molar-refractivity contribution in [3.63, 3.8) is 0 Å². The van der Waals surface area contributed by atoms with E-state index in [9.17, 15) is 9.59 Å². The van der Waals surface area contributed by atoms with Gasteiger partial charge in [-0.15, -0.1) is 0 Å². The fourth-order valence-corrected chi connectivity index (χ4v) is 3.64. The first-order valence-electron chi connectivity index (χ1n) is 9.54. The summed E-state index contributed by atoms with van der Waals surface area (Å²) in [4.78, 5) is 42.4. The highest BCUT2D eigenvalue weighted by molar-refractivity contribution is 6.02. The topological polar surface area (TPSA) is 113 Å². The molecule has 0 spiro atoms. The lowest BCUT2D eigenvalue weighted by Crippen LogP contribution is -2.37. The van der Waals surface area contributed by atoms with E-state index in [-0.39, 0.29) is 11.8 Å². The molecule has 9 heteroatoms. The molecule has 9 nitrogen and oxygen atoms in total. The number of anilines is 1. The Balaban J connectivity index is 1.53. The molecule has 0 aromatic carbocycles. The Morgan fingerprint density at radius 3 is 3.03 bits per heavy atom. The van der Waals surface area contributed by atoms with Gasteiger partial charge in [-0.05, 0) is 24.3 Å². The first-order chi connectivity index (χ1) is 14.6. The zero-order valence-corrected chi connectivity index (χ0v) is 16.0. The van der Waals surface area contributed by atoms with Crippen molar-refractivity contribution in [2.24, 2.45) is 0 Å². The highest BCUT2D eigenvalue weighted by Crippen LogP contribution is 2.33. The molecule has 0 saturated carbocycles. The number of aromatic nitrogens is 4. The second-order valence-corrected chi connectivity index (χ2v) is 6.94. The van der Waals surface area contributed by atoms with Crippen molar-refractivity contribution in [3.05, 3.63) is 54.5 Å². The number of carbonyl (C=O) groups is 2. The number of nitrogens with zero attached hydrogens (tertiary/aromatic N) is 4. The highest BCUT2D eigenvalue weighted by atomic mass is 16.5. The average molecular weight is 402 g/mol. The summed E-state index contributed by atoms with van der Waals surface area (Å²) in [6.07, 6.45) is 5.29. The van der Waals surface area contributed by atoms with E-state index >= 15 is 0 Å². The molecule has 5 rings (SSSR count). The smallest absolute Gasteiger partial charge is 0.253 e. The number of H-pyrrole nitrogens is 1. The fraction of sp³-hybridized carbons (Fsp3) is 0.190. The third-order valence-electron chi connectivity index (χ3n) is 5.11. The lowest BCUT2D eigenvalue weighted by atomic mass is 10.1. The van der Waals surface area contributed by atoms with E-state index in [2.05, 4.69) is 31.8 Å². The van der Waals surface area contributed by atoms with Crippen molar-refractivity contribution in [2.75, 3.05) is 24.6 Å². The molecule has 2 amide bonds. The van der Waals surface area contributed by atoms with Crippen LogP contribution in [0, 0.1) is 0 Å². The number of fused-ring (bicyclic) bond motifs is 2. The number of pyridine rings is 1. The molecule has 3 aromatic rings. The molecule has 2 N–H and O–H groups in total. The van der Waals surface area contributed by atoms with Gasteiger partial charge in [0.2, 0.25) is 5.88 Å². The van der Waals surface area contributed by atoms with Crippen LogP contribution < -0.4 is 15.0 Å². The number of amides is 2. The van der Waals surface area contributed by atoms with Gasteiger partial charge in [-0.25, -0.2) is 15.0 Å². The molecule has 0 fully saturated rings. The summed E-state index contributed by atoms with van der Waals surface area (Å²) in [6.45, 7) is 4.96. The van der Waals surface area contributed by atoms with Crippen molar-refractivity contribution in [2.45, 2.75) is 6.42 Å². The maximum Gasteiger partial charge on any atom is 0.253 e. The molecule has 2 aliphatic heterocycles. The van der Waals surface area contributed by atoms with E-state index in [1.807, 2.05) is 0 Å². The Morgan fingerprint density at radius 1 is 1.30 bits per heavy atom. The summed E-state index contributed by atoms with van der Waals surface area (Å²) in [7, 11) is 0. The van der Waals surface area contributed by atoms with Crippen LogP contribution in [0.15, 0.2) is 43.2 Å². The molecular weight excluding hydrogens is 384 g/mol. The van der Waals surface area contributed by atoms with Crippen molar-refractivity contribution in [1.29, 1.82) is 0 Å². The number of hydrogen-bond acceptors (Lipinski definition) is 6. The van der Waals surface area contributed by atoms with Gasteiger partial charge in [0.1, 0.15) is 12.3 Å². The molecule has 150 valence electrons. The lowest BCUT2D eigenvalue weighted by Gasteiger charge is -2.28. The standard InChI is InChI=1S/C21H18N6O3/c1-2-18(28)27-7-8-30-21-17(27)9-12(11-24-21)19-22-5-4-15(26-19)16-10-13-14(25-16)3-6-23-20(13)29/h2,4-5,9-11,25H,1,3,6-8H2,(H,23,29). The first-order valence-corrected chi connectivity index (χ1v) is 9.54. The van der Waals surface area contributed by atoms with Crippen LogP contribution in [0.1, 0.15) is 16.1 Å². The number of hydrogen-bond donors (Lipinski definition) is 2. The molecule has 3 aromatic heterocycles. The normalized spacial score (nSPS) is 14.9. The molecule has 5 heterocycles. The summed E-state index contributed by atoms with van der Waals surface area (Å²) < 4.78 is 5.57. The van der Waals surface area contributed by atoms with Crippen LogP contribution in [-0.4, -0.2) is 51.4 Å². The van der Waals surface area contributed by atoms with Gasteiger partial charge in [0.25, 0.3) is 11.8 Å². The predicted molar refractivity (Wildman–Crippen MR) is 109 cm³/mol. The minimum Gasteiger partial charge on any atom is -0.474 e. The van der Waals surface area contributed by atoms with Gasteiger partial charge in [-0.2, -0.15) is 0 Å². The minimum atomic E-state index is -0.219. The molecule has 0 bridgehead atoms. The lowest BCUT2D eigenvalue weighted by molar-refractivity contribution is -0.114. The predicted octanol–water partition coefficient (Wildman–Crippen LogP) is 1.73. The van der Waals surface area contributed by atoms with Gasteiger partial charge in [-0.3, -0.25) is 9.59 Å². The van der Waals surface area contributed by atoms with Gasteiger partial charge >= 0.3 is 0 Å². The molecule has 2 aliphatic rings. The van der Waals surface area contributed by atoms with Gasteiger partial charge in [0.15, 0.2) is 5.82 Å². The summed E-state index contributed by atoms with van der Waals surface area (Å²) in [5, 5.41) is 2.84. The Labute approximate surface area is 171 Å². The number of aromatic amines is 1. The number of carbonyl (C=O) groups excluding carboxylic acids is 2. The molecule has 0 aliphatic carbocycles. The van der Waals surface area contributed by atoms with Gasteiger partial charge < -0.3 is 19.9 Å². The molecule has 0 unspecified atom stereocenters. The van der Waals surface area contributed by atoms with Crippen LogP contribution >= 0.6 is 0 Å². The van der Waals surface area contributed by atoms with E-state index in [1.165, 1.54) is 6.08 Å². The fourth-order valence-electron chi connectivity index (χ4n) is 3.64. The third-order valence-corrected chi connectivity index (χ3v) is 5.11. The molecule has 0 atom stereocenters. The van der Waals surface area contributed by atoms with Crippen LogP contribution in [0.25, 0.3) is 22.8 Å². The minimum absolute atomic E-state index is 0.0844. The largest absolute Gasteiger partial charge is 0.474 e. The van der Waals surface area contributed by atoms with Crippen LogP contribution in [0.5, 0.6) is 5.88 Å². The SMILES string of the molecule is C=CC(=O)N1CCOc2ncc(-c3nccc(-c4cc5c([nH]4)CCNC5=O)n3)cc21. The molecule has 0 radical (unpaired) electrons. The number of nitrogens with one attached hydrogen (secondary N) is 2. The maximum atomic E-state index is 12.2. The monoisotopic (exact) mass is 402 g/mol. The Kier molecular flexibility index (Phi) is 4.27. The number of rotatable bonds is 3. The summed E-state index contributed by atoms with van der Waals surface area (Å²) in [5.74, 6) is 0.540. The Hall–Kier alpha value is -4.01. The Morgan fingerprint density at radius 2 is 2.20 bits per heavy atom. The van der Waals surface area contributed by atoms with Gasteiger partial charge in [-0.1, -0.05) is 6.58 Å².